The molecular weight excluding hydrogens is 208 g/mol. The number of hydrogen-bond donors (Lipinski definition) is 2. The Bertz CT molecular complexity index is 286. The van der Waals surface area contributed by atoms with E-state index in [4.69, 9.17) is 19.7 Å². The first kappa shape index (κ1) is 12.8. The van der Waals surface area contributed by atoms with Crippen molar-refractivity contribution in [2.45, 2.75) is 26.1 Å². The minimum atomic E-state index is -0.245. The molecule has 0 aliphatic rings. The number of aliphatic hydroxyl groups excluding tert-OH is 2. The van der Waals surface area contributed by atoms with Gasteiger partial charge in [0.05, 0.1) is 13.2 Å². The Morgan fingerprint density at radius 2 is 1.44 bits per heavy atom. The van der Waals surface area contributed by atoms with E-state index in [1.54, 1.807) is 38.1 Å². The van der Waals surface area contributed by atoms with Gasteiger partial charge in [0, 0.05) is 6.07 Å². The molecule has 0 saturated carbocycles. The topological polar surface area (TPSA) is 58.9 Å². The summed E-state index contributed by atoms with van der Waals surface area (Å²) in [5, 5.41) is 17.7. The Balaban J connectivity index is 2.63. The quantitative estimate of drug-likeness (QED) is 0.765. The molecule has 0 radical (unpaired) electrons. The van der Waals surface area contributed by atoms with Crippen LogP contribution in [0.2, 0.25) is 0 Å². The first-order chi connectivity index (χ1) is 7.65. The lowest BCUT2D eigenvalue weighted by atomic mass is 10.3. The Hall–Kier alpha value is -1.26. The molecule has 0 fully saturated rings. The van der Waals surface area contributed by atoms with Gasteiger partial charge in [0.1, 0.15) is 23.7 Å². The van der Waals surface area contributed by atoms with E-state index in [9.17, 15) is 0 Å². The summed E-state index contributed by atoms with van der Waals surface area (Å²) >= 11 is 0. The summed E-state index contributed by atoms with van der Waals surface area (Å²) in [6, 6.07) is 7.13. The predicted octanol–water partition coefficient (Wildman–Crippen LogP) is 1.21. The Morgan fingerprint density at radius 1 is 1.00 bits per heavy atom. The average Bonchev–Trinajstić information content (AvgIpc) is 2.29. The van der Waals surface area contributed by atoms with Gasteiger partial charge >= 0.3 is 0 Å². The van der Waals surface area contributed by atoms with Crippen LogP contribution in [0.25, 0.3) is 0 Å². The molecule has 1 aromatic carbocycles. The van der Waals surface area contributed by atoms with Crippen molar-refractivity contribution in [3.63, 3.8) is 0 Å². The lowest BCUT2D eigenvalue weighted by Gasteiger charge is -2.15. The van der Waals surface area contributed by atoms with Crippen LogP contribution in [0, 0.1) is 0 Å². The molecule has 2 N–H and O–H groups in total. The number of ether oxygens (including phenoxy) is 2. The van der Waals surface area contributed by atoms with Gasteiger partial charge in [0.15, 0.2) is 0 Å². The van der Waals surface area contributed by atoms with E-state index in [-0.39, 0.29) is 25.4 Å². The number of benzene rings is 1. The minimum Gasteiger partial charge on any atom is -0.488 e. The second-order valence-corrected chi connectivity index (χ2v) is 3.70. The van der Waals surface area contributed by atoms with Gasteiger partial charge in [0.2, 0.25) is 0 Å². The summed E-state index contributed by atoms with van der Waals surface area (Å²) in [4.78, 5) is 0. The third-order valence-corrected chi connectivity index (χ3v) is 1.99. The van der Waals surface area contributed by atoms with Crippen molar-refractivity contribution in [3.8, 4) is 11.5 Å². The number of rotatable bonds is 6. The molecule has 0 aromatic heterocycles. The zero-order chi connectivity index (χ0) is 12.0. The van der Waals surface area contributed by atoms with Crippen LogP contribution in [-0.4, -0.2) is 35.6 Å². The first-order valence-electron chi connectivity index (χ1n) is 5.30. The highest BCUT2D eigenvalue weighted by molar-refractivity contribution is 5.33. The fourth-order valence-electron chi connectivity index (χ4n) is 1.16. The average molecular weight is 226 g/mol. The van der Waals surface area contributed by atoms with Gasteiger partial charge in [-0.25, -0.2) is 0 Å². The Labute approximate surface area is 95.4 Å². The first-order valence-corrected chi connectivity index (χ1v) is 5.30. The maximum atomic E-state index is 8.86. The molecule has 0 aliphatic heterocycles. The summed E-state index contributed by atoms with van der Waals surface area (Å²) < 4.78 is 10.9. The zero-order valence-electron chi connectivity index (χ0n) is 9.59. The molecule has 2 atom stereocenters. The maximum Gasteiger partial charge on any atom is 0.123 e. The van der Waals surface area contributed by atoms with Gasteiger partial charge in [0.25, 0.3) is 0 Å². The van der Waals surface area contributed by atoms with Crippen molar-refractivity contribution in [1.29, 1.82) is 0 Å². The van der Waals surface area contributed by atoms with Gasteiger partial charge < -0.3 is 19.7 Å². The van der Waals surface area contributed by atoms with Crippen molar-refractivity contribution in [2.24, 2.45) is 0 Å². The summed E-state index contributed by atoms with van der Waals surface area (Å²) in [5.41, 5.74) is 0. The molecule has 16 heavy (non-hydrogen) atoms. The molecule has 1 rings (SSSR count). The highest BCUT2D eigenvalue weighted by Gasteiger charge is 2.05. The molecular formula is C12H18O4. The molecule has 4 nitrogen and oxygen atoms in total. The fraction of sp³-hybridized carbons (Fsp3) is 0.500. The Kier molecular flexibility index (Phi) is 5.08. The van der Waals surface area contributed by atoms with Gasteiger partial charge in [-0.2, -0.15) is 0 Å². The largest absolute Gasteiger partial charge is 0.488 e. The van der Waals surface area contributed by atoms with Crippen molar-refractivity contribution in [2.75, 3.05) is 13.2 Å². The van der Waals surface area contributed by atoms with Crippen molar-refractivity contribution < 1.29 is 19.7 Å². The van der Waals surface area contributed by atoms with Crippen LogP contribution in [0.5, 0.6) is 11.5 Å². The second-order valence-electron chi connectivity index (χ2n) is 3.70. The van der Waals surface area contributed by atoms with Crippen LogP contribution in [0.4, 0.5) is 0 Å². The third-order valence-electron chi connectivity index (χ3n) is 1.99. The summed E-state index contributed by atoms with van der Waals surface area (Å²) in [6.07, 6.45) is -0.490. The highest BCUT2D eigenvalue weighted by Crippen LogP contribution is 2.21. The zero-order valence-corrected chi connectivity index (χ0v) is 9.59. The lowest BCUT2D eigenvalue weighted by Crippen LogP contribution is -2.17. The summed E-state index contributed by atoms with van der Waals surface area (Å²) in [6.45, 7) is 3.50. The minimum absolute atomic E-state index is 0.0296. The van der Waals surface area contributed by atoms with E-state index >= 15 is 0 Å². The molecule has 2 unspecified atom stereocenters. The number of aliphatic hydroxyl groups is 2. The standard InChI is InChI=1S/C12H18O4/c1-9(7-13)15-11-4-3-5-12(6-11)16-10(2)8-14/h3-6,9-10,13-14H,7-8H2,1-2H3. The van der Waals surface area contributed by atoms with E-state index in [0.29, 0.717) is 11.5 Å². The molecule has 0 bridgehead atoms. The van der Waals surface area contributed by atoms with Gasteiger partial charge in [-0.05, 0) is 26.0 Å². The van der Waals surface area contributed by atoms with Crippen LogP contribution in [0.3, 0.4) is 0 Å². The van der Waals surface area contributed by atoms with Crippen molar-refractivity contribution in [3.05, 3.63) is 24.3 Å². The fourth-order valence-corrected chi connectivity index (χ4v) is 1.16. The monoisotopic (exact) mass is 226 g/mol. The smallest absolute Gasteiger partial charge is 0.123 e. The number of hydrogen-bond acceptors (Lipinski definition) is 4. The summed E-state index contributed by atoms with van der Waals surface area (Å²) in [7, 11) is 0. The third kappa shape index (κ3) is 4.08. The van der Waals surface area contributed by atoms with Crippen LogP contribution in [-0.2, 0) is 0 Å². The molecule has 0 heterocycles. The van der Waals surface area contributed by atoms with E-state index in [2.05, 4.69) is 0 Å². The predicted molar refractivity (Wildman–Crippen MR) is 60.8 cm³/mol. The molecule has 0 amide bonds. The molecule has 0 spiro atoms. The molecule has 1 aromatic rings. The van der Waals surface area contributed by atoms with Crippen LogP contribution in [0.1, 0.15) is 13.8 Å². The van der Waals surface area contributed by atoms with Gasteiger partial charge in [-0.15, -0.1) is 0 Å². The van der Waals surface area contributed by atoms with E-state index in [0.717, 1.165) is 0 Å². The van der Waals surface area contributed by atoms with Crippen LogP contribution < -0.4 is 9.47 Å². The SMILES string of the molecule is CC(CO)Oc1cccc(OC(C)CO)c1. The molecule has 90 valence electrons. The molecule has 4 heteroatoms. The Morgan fingerprint density at radius 3 is 1.81 bits per heavy atom. The van der Waals surface area contributed by atoms with E-state index < -0.39 is 0 Å². The highest BCUT2D eigenvalue weighted by atomic mass is 16.5. The molecule has 0 aliphatic carbocycles. The summed E-state index contributed by atoms with van der Waals surface area (Å²) in [5.74, 6) is 1.29. The normalized spacial score (nSPS) is 14.2. The van der Waals surface area contributed by atoms with Crippen molar-refractivity contribution >= 4 is 0 Å². The van der Waals surface area contributed by atoms with Crippen molar-refractivity contribution in [1.82, 2.24) is 0 Å². The van der Waals surface area contributed by atoms with Crippen LogP contribution in [0.15, 0.2) is 24.3 Å². The lowest BCUT2D eigenvalue weighted by molar-refractivity contribution is 0.123. The maximum absolute atomic E-state index is 8.86. The molecule has 0 saturated heterocycles. The van der Waals surface area contributed by atoms with E-state index in [1.165, 1.54) is 0 Å². The van der Waals surface area contributed by atoms with Gasteiger partial charge in [-0.1, -0.05) is 6.07 Å². The second kappa shape index (κ2) is 6.35. The van der Waals surface area contributed by atoms with Gasteiger partial charge in [-0.3, -0.25) is 0 Å². The van der Waals surface area contributed by atoms with E-state index in [1.807, 2.05) is 0 Å². The van der Waals surface area contributed by atoms with Crippen LogP contribution >= 0.6 is 0 Å².